The molecule has 0 radical (unpaired) electrons. The molecular weight excluding hydrogens is 209 g/mol. The van der Waals surface area contributed by atoms with Crippen molar-refractivity contribution in [2.45, 2.75) is 13.3 Å². The first kappa shape index (κ1) is 11.6. The maximum Gasteiger partial charge on any atom is 0.267 e. The molecule has 1 rings (SSSR count). The first-order valence-electron chi connectivity index (χ1n) is 4.14. The summed E-state index contributed by atoms with van der Waals surface area (Å²) in [6.45, 7) is 1.09. The molecular formula is C10H9F3O2. The van der Waals surface area contributed by atoms with Crippen LogP contribution in [0.2, 0.25) is 0 Å². The summed E-state index contributed by atoms with van der Waals surface area (Å²) < 4.78 is 42.8. The Balaban J connectivity index is 3.47. The van der Waals surface area contributed by atoms with Gasteiger partial charge in [0.05, 0.1) is 18.2 Å². The molecule has 2 nitrogen and oxygen atoms in total. The van der Waals surface area contributed by atoms with E-state index in [2.05, 4.69) is 4.74 Å². The van der Waals surface area contributed by atoms with Crippen LogP contribution in [0.4, 0.5) is 13.2 Å². The Morgan fingerprint density at radius 1 is 1.40 bits per heavy atom. The van der Waals surface area contributed by atoms with Gasteiger partial charge in [-0.2, -0.15) is 0 Å². The Hall–Kier alpha value is -1.52. The average molecular weight is 218 g/mol. The molecule has 0 unspecified atom stereocenters. The molecule has 1 aromatic carbocycles. The number of carbonyl (C=O) groups is 1. The summed E-state index contributed by atoms with van der Waals surface area (Å²) in [5, 5.41) is 0. The van der Waals surface area contributed by atoms with E-state index in [1.165, 1.54) is 0 Å². The highest BCUT2D eigenvalue weighted by Gasteiger charge is 2.22. The molecule has 0 saturated heterocycles. The van der Waals surface area contributed by atoms with Gasteiger partial charge in [0.15, 0.2) is 5.78 Å². The highest BCUT2D eigenvalue weighted by molar-refractivity contribution is 5.97. The molecule has 15 heavy (non-hydrogen) atoms. The fraction of sp³-hybridized carbons (Fsp3) is 0.300. The van der Waals surface area contributed by atoms with Gasteiger partial charge in [0.25, 0.3) is 6.43 Å². The lowest BCUT2D eigenvalue weighted by molar-refractivity contribution is 0.100. The number of rotatable bonds is 3. The highest BCUT2D eigenvalue weighted by Crippen LogP contribution is 2.33. The lowest BCUT2D eigenvalue weighted by Gasteiger charge is -2.11. The number of ether oxygens (including phenoxy) is 1. The summed E-state index contributed by atoms with van der Waals surface area (Å²) in [5.74, 6) is -1.90. The Morgan fingerprint density at radius 3 is 2.40 bits per heavy atom. The zero-order valence-corrected chi connectivity index (χ0v) is 8.18. The van der Waals surface area contributed by atoms with Gasteiger partial charge in [0.1, 0.15) is 11.6 Å². The number of hydrogen-bond acceptors (Lipinski definition) is 2. The minimum Gasteiger partial charge on any atom is -0.495 e. The van der Waals surface area contributed by atoms with E-state index in [4.69, 9.17) is 0 Å². The number of Topliss-reactive ketones (excluding diaryl/α,β-unsaturated/α-hetero) is 1. The lowest BCUT2D eigenvalue weighted by atomic mass is 10.1. The molecule has 0 aliphatic heterocycles. The van der Waals surface area contributed by atoms with E-state index in [0.717, 1.165) is 26.2 Å². The first-order chi connectivity index (χ1) is 6.99. The molecule has 0 aliphatic carbocycles. The Labute approximate surface area is 84.7 Å². The van der Waals surface area contributed by atoms with Crippen LogP contribution in [0.3, 0.4) is 0 Å². The highest BCUT2D eigenvalue weighted by atomic mass is 19.3. The number of carbonyl (C=O) groups excluding carboxylic acids is 1. The topological polar surface area (TPSA) is 26.3 Å². The molecule has 0 saturated carbocycles. The Morgan fingerprint density at radius 2 is 2.00 bits per heavy atom. The van der Waals surface area contributed by atoms with E-state index < -0.39 is 34.9 Å². The molecule has 5 heteroatoms. The average Bonchev–Trinajstić information content (AvgIpc) is 2.15. The molecule has 0 heterocycles. The van der Waals surface area contributed by atoms with Gasteiger partial charge in [-0.1, -0.05) is 0 Å². The SMILES string of the molecule is COc1c(C(F)F)ccc(F)c1C(C)=O. The van der Waals surface area contributed by atoms with Gasteiger partial charge >= 0.3 is 0 Å². The number of methoxy groups -OCH3 is 1. The molecule has 1 aromatic rings. The minimum absolute atomic E-state index is 0.391. The number of ketones is 1. The van der Waals surface area contributed by atoms with E-state index in [9.17, 15) is 18.0 Å². The fourth-order valence-electron chi connectivity index (χ4n) is 1.29. The summed E-state index contributed by atoms with van der Waals surface area (Å²) in [5.41, 5.74) is -0.917. The molecule has 0 spiro atoms. The van der Waals surface area contributed by atoms with Crippen molar-refractivity contribution in [2.24, 2.45) is 0 Å². The fourth-order valence-corrected chi connectivity index (χ4v) is 1.29. The predicted octanol–water partition coefficient (Wildman–Crippen LogP) is 2.97. The maximum atomic E-state index is 13.2. The zero-order valence-electron chi connectivity index (χ0n) is 8.18. The van der Waals surface area contributed by atoms with Crippen LogP contribution in [0.25, 0.3) is 0 Å². The molecule has 0 aromatic heterocycles. The largest absolute Gasteiger partial charge is 0.495 e. The quantitative estimate of drug-likeness (QED) is 0.729. The van der Waals surface area contributed by atoms with Crippen LogP contribution in [0, 0.1) is 5.82 Å². The Bertz CT molecular complexity index is 388. The van der Waals surface area contributed by atoms with Crippen LogP contribution in [0.1, 0.15) is 29.3 Å². The van der Waals surface area contributed by atoms with Crippen LogP contribution in [0.5, 0.6) is 5.75 Å². The van der Waals surface area contributed by atoms with Gasteiger partial charge in [0.2, 0.25) is 0 Å². The van der Waals surface area contributed by atoms with Crippen LogP contribution in [-0.2, 0) is 0 Å². The van der Waals surface area contributed by atoms with Crippen molar-refractivity contribution in [1.82, 2.24) is 0 Å². The lowest BCUT2D eigenvalue weighted by Crippen LogP contribution is -2.05. The third kappa shape index (κ3) is 2.11. The molecule has 0 N–H and O–H groups in total. The van der Waals surface area contributed by atoms with Gasteiger partial charge in [-0.3, -0.25) is 4.79 Å². The molecule has 0 bridgehead atoms. The molecule has 0 atom stereocenters. The second-order valence-corrected chi connectivity index (χ2v) is 2.90. The minimum atomic E-state index is -2.81. The van der Waals surface area contributed by atoms with Gasteiger partial charge in [-0.05, 0) is 19.1 Å². The summed E-state index contributed by atoms with van der Waals surface area (Å²) >= 11 is 0. The molecule has 0 aliphatic rings. The molecule has 0 amide bonds. The van der Waals surface area contributed by atoms with E-state index in [1.54, 1.807) is 0 Å². The molecule has 0 fully saturated rings. The monoisotopic (exact) mass is 218 g/mol. The summed E-state index contributed by atoms with van der Waals surface area (Å²) in [7, 11) is 1.12. The third-order valence-corrected chi connectivity index (χ3v) is 1.93. The first-order valence-corrected chi connectivity index (χ1v) is 4.14. The normalized spacial score (nSPS) is 10.5. The summed E-state index contributed by atoms with van der Waals surface area (Å²) in [4.78, 5) is 11.1. The van der Waals surface area contributed by atoms with E-state index in [0.29, 0.717) is 0 Å². The standard InChI is InChI=1S/C10H9F3O2/c1-5(14)8-7(11)4-3-6(10(12)13)9(8)15-2/h3-4,10H,1-2H3. The maximum absolute atomic E-state index is 13.2. The summed E-state index contributed by atoms with van der Waals surface area (Å²) in [6, 6.07) is 1.74. The van der Waals surface area contributed by atoms with E-state index >= 15 is 0 Å². The van der Waals surface area contributed by atoms with Crippen LogP contribution < -0.4 is 4.74 Å². The van der Waals surface area contributed by atoms with Crippen molar-refractivity contribution in [3.8, 4) is 5.75 Å². The van der Waals surface area contributed by atoms with Crippen molar-refractivity contribution in [3.05, 3.63) is 29.1 Å². The third-order valence-electron chi connectivity index (χ3n) is 1.93. The number of halogens is 3. The van der Waals surface area contributed by atoms with Gasteiger partial charge in [-0.25, -0.2) is 13.2 Å². The van der Waals surface area contributed by atoms with E-state index in [1.807, 2.05) is 0 Å². The van der Waals surface area contributed by atoms with Crippen LogP contribution in [-0.4, -0.2) is 12.9 Å². The van der Waals surface area contributed by atoms with Crippen LogP contribution >= 0.6 is 0 Å². The second-order valence-electron chi connectivity index (χ2n) is 2.90. The van der Waals surface area contributed by atoms with Gasteiger partial charge < -0.3 is 4.74 Å². The van der Waals surface area contributed by atoms with E-state index in [-0.39, 0.29) is 0 Å². The van der Waals surface area contributed by atoms with Crippen molar-refractivity contribution in [2.75, 3.05) is 7.11 Å². The number of hydrogen-bond donors (Lipinski definition) is 0. The van der Waals surface area contributed by atoms with Crippen molar-refractivity contribution in [3.63, 3.8) is 0 Å². The molecule has 82 valence electrons. The van der Waals surface area contributed by atoms with Gasteiger partial charge in [0, 0.05) is 0 Å². The smallest absolute Gasteiger partial charge is 0.267 e. The second kappa shape index (κ2) is 4.33. The number of benzene rings is 1. The van der Waals surface area contributed by atoms with Crippen molar-refractivity contribution >= 4 is 5.78 Å². The number of alkyl halides is 2. The summed E-state index contributed by atoms with van der Waals surface area (Å²) in [6.07, 6.45) is -2.81. The van der Waals surface area contributed by atoms with Gasteiger partial charge in [-0.15, -0.1) is 0 Å². The predicted molar refractivity (Wildman–Crippen MR) is 47.9 cm³/mol. The van der Waals surface area contributed by atoms with Crippen LogP contribution in [0.15, 0.2) is 12.1 Å². The Kier molecular flexibility index (Phi) is 3.34. The zero-order chi connectivity index (χ0) is 11.6. The van der Waals surface area contributed by atoms with Crippen molar-refractivity contribution < 1.29 is 22.7 Å². The van der Waals surface area contributed by atoms with Crippen molar-refractivity contribution in [1.29, 1.82) is 0 Å².